The zero-order valence-electron chi connectivity index (χ0n) is 10.8. The lowest BCUT2D eigenvalue weighted by atomic mass is 10.2. The first-order valence-electron chi connectivity index (χ1n) is 5.84. The first kappa shape index (κ1) is 13.1. The minimum absolute atomic E-state index is 0.409. The molecular formula is C11H17N5OS. The zero-order chi connectivity index (χ0) is 13.1. The van der Waals surface area contributed by atoms with E-state index in [1.165, 1.54) is 0 Å². The molecule has 98 valence electrons. The molecular weight excluding hydrogens is 250 g/mol. The van der Waals surface area contributed by atoms with Crippen LogP contribution in [-0.4, -0.2) is 19.9 Å². The summed E-state index contributed by atoms with van der Waals surface area (Å²) >= 11 is 1.63. The van der Waals surface area contributed by atoms with Gasteiger partial charge in [-0.2, -0.15) is 0 Å². The molecule has 0 unspecified atom stereocenters. The summed E-state index contributed by atoms with van der Waals surface area (Å²) in [4.78, 5) is 0. The molecule has 2 heterocycles. The molecule has 0 fully saturated rings. The highest BCUT2D eigenvalue weighted by atomic mass is 32.2. The number of aromatic nitrogens is 4. The Morgan fingerprint density at radius 2 is 2.11 bits per heavy atom. The lowest BCUT2D eigenvalue weighted by Crippen LogP contribution is -2.08. The van der Waals surface area contributed by atoms with Gasteiger partial charge in [-0.15, -0.1) is 10.2 Å². The van der Waals surface area contributed by atoms with E-state index < -0.39 is 0 Å². The number of thioether (sulfide) groups is 1. The Balaban J connectivity index is 2.13. The smallest absolute Gasteiger partial charge is 0.191 e. The van der Waals surface area contributed by atoms with Crippen LogP contribution in [0.2, 0.25) is 0 Å². The van der Waals surface area contributed by atoms with E-state index in [0.717, 1.165) is 40.3 Å². The molecule has 2 N–H and O–H groups in total. The molecule has 0 aromatic carbocycles. The van der Waals surface area contributed by atoms with Crippen LogP contribution in [0.5, 0.6) is 0 Å². The van der Waals surface area contributed by atoms with Crippen molar-refractivity contribution in [3.63, 3.8) is 0 Å². The van der Waals surface area contributed by atoms with Gasteiger partial charge in [0.25, 0.3) is 0 Å². The average molecular weight is 267 g/mol. The van der Waals surface area contributed by atoms with E-state index >= 15 is 0 Å². The van der Waals surface area contributed by atoms with E-state index in [0.29, 0.717) is 6.54 Å². The fourth-order valence-corrected chi connectivity index (χ4v) is 2.91. The summed E-state index contributed by atoms with van der Waals surface area (Å²) < 4.78 is 7.17. The van der Waals surface area contributed by atoms with Crippen molar-refractivity contribution in [1.29, 1.82) is 0 Å². The highest BCUT2D eigenvalue weighted by molar-refractivity contribution is 7.98. The van der Waals surface area contributed by atoms with Crippen molar-refractivity contribution in [2.24, 2.45) is 5.73 Å². The topological polar surface area (TPSA) is 82.8 Å². The Bertz CT molecular complexity index is 514. The normalized spacial score (nSPS) is 11.1. The summed E-state index contributed by atoms with van der Waals surface area (Å²) in [5.41, 5.74) is 7.68. The lowest BCUT2D eigenvalue weighted by molar-refractivity contribution is 0.392. The van der Waals surface area contributed by atoms with E-state index in [1.807, 2.05) is 18.4 Å². The van der Waals surface area contributed by atoms with Gasteiger partial charge >= 0.3 is 0 Å². The molecule has 0 aliphatic carbocycles. The third-order valence-electron chi connectivity index (χ3n) is 2.82. The van der Waals surface area contributed by atoms with Crippen molar-refractivity contribution < 1.29 is 4.52 Å². The van der Waals surface area contributed by atoms with Crippen LogP contribution in [-0.2, 0) is 18.8 Å². The van der Waals surface area contributed by atoms with Crippen LogP contribution < -0.4 is 5.73 Å². The van der Waals surface area contributed by atoms with Crippen molar-refractivity contribution in [3.8, 4) is 0 Å². The maximum Gasteiger partial charge on any atom is 0.191 e. The number of hydrogen-bond acceptors (Lipinski definition) is 6. The number of aryl methyl sites for hydroxylation is 2. The van der Waals surface area contributed by atoms with Gasteiger partial charge in [0.1, 0.15) is 11.6 Å². The van der Waals surface area contributed by atoms with Crippen molar-refractivity contribution in [2.45, 2.75) is 44.8 Å². The summed E-state index contributed by atoms with van der Waals surface area (Å²) in [6.07, 6.45) is 0. The van der Waals surface area contributed by atoms with Crippen LogP contribution in [0.25, 0.3) is 0 Å². The highest BCUT2D eigenvalue weighted by Crippen LogP contribution is 2.25. The standard InChI is InChI=1S/C11H17N5OS/c1-4-16-10(5-12)13-14-11(16)18-6-9-7(2)15-17-8(9)3/h4-6,12H2,1-3H3. The Morgan fingerprint density at radius 1 is 1.33 bits per heavy atom. The Morgan fingerprint density at radius 3 is 2.67 bits per heavy atom. The molecule has 0 aliphatic rings. The largest absolute Gasteiger partial charge is 0.361 e. The molecule has 2 aromatic heterocycles. The van der Waals surface area contributed by atoms with Gasteiger partial charge in [0.15, 0.2) is 5.16 Å². The molecule has 2 rings (SSSR count). The van der Waals surface area contributed by atoms with Crippen LogP contribution in [0.15, 0.2) is 9.68 Å². The fourth-order valence-electron chi connectivity index (χ4n) is 1.74. The molecule has 7 heteroatoms. The maximum absolute atomic E-state index is 5.62. The Kier molecular flexibility index (Phi) is 4.03. The van der Waals surface area contributed by atoms with Crippen molar-refractivity contribution in [2.75, 3.05) is 0 Å². The van der Waals surface area contributed by atoms with Gasteiger partial charge in [0.2, 0.25) is 0 Å². The van der Waals surface area contributed by atoms with E-state index in [4.69, 9.17) is 10.3 Å². The first-order valence-corrected chi connectivity index (χ1v) is 6.82. The second-order valence-corrected chi connectivity index (χ2v) is 4.88. The van der Waals surface area contributed by atoms with Gasteiger partial charge in [-0.25, -0.2) is 0 Å². The van der Waals surface area contributed by atoms with Crippen molar-refractivity contribution in [1.82, 2.24) is 19.9 Å². The molecule has 0 spiro atoms. The maximum atomic E-state index is 5.62. The van der Waals surface area contributed by atoms with Crippen LogP contribution in [0.3, 0.4) is 0 Å². The summed E-state index contributed by atoms with van der Waals surface area (Å²) in [5, 5.41) is 13.1. The van der Waals surface area contributed by atoms with Gasteiger partial charge < -0.3 is 14.8 Å². The molecule has 18 heavy (non-hydrogen) atoms. The molecule has 0 radical (unpaired) electrons. The van der Waals surface area contributed by atoms with Crippen molar-refractivity contribution >= 4 is 11.8 Å². The van der Waals surface area contributed by atoms with Crippen LogP contribution >= 0.6 is 11.8 Å². The van der Waals surface area contributed by atoms with Gasteiger partial charge in [0, 0.05) is 17.9 Å². The Hall–Kier alpha value is -1.34. The highest BCUT2D eigenvalue weighted by Gasteiger charge is 2.13. The molecule has 0 saturated heterocycles. The van der Waals surface area contributed by atoms with Crippen LogP contribution in [0.4, 0.5) is 0 Å². The molecule has 6 nitrogen and oxygen atoms in total. The first-order chi connectivity index (χ1) is 8.67. The Labute approximate surface area is 110 Å². The predicted octanol–water partition coefficient (Wildman–Crippen LogP) is 1.65. The molecule has 0 atom stereocenters. The third kappa shape index (κ3) is 2.41. The predicted molar refractivity (Wildman–Crippen MR) is 69.1 cm³/mol. The van der Waals surface area contributed by atoms with Gasteiger partial charge in [0.05, 0.1) is 12.2 Å². The van der Waals surface area contributed by atoms with Crippen LogP contribution in [0, 0.1) is 13.8 Å². The molecule has 0 aliphatic heterocycles. The summed E-state index contributed by atoms with van der Waals surface area (Å²) in [6.45, 7) is 7.16. The molecule has 2 aromatic rings. The van der Waals surface area contributed by atoms with Gasteiger partial charge in [-0.05, 0) is 20.8 Å². The minimum Gasteiger partial charge on any atom is -0.361 e. The number of rotatable bonds is 5. The number of hydrogen-bond donors (Lipinski definition) is 1. The summed E-state index contributed by atoms with van der Waals surface area (Å²) in [7, 11) is 0. The van der Waals surface area contributed by atoms with E-state index in [-0.39, 0.29) is 0 Å². The second-order valence-electron chi connectivity index (χ2n) is 3.94. The fraction of sp³-hybridized carbons (Fsp3) is 0.545. The average Bonchev–Trinajstić information content (AvgIpc) is 2.91. The molecule has 0 saturated carbocycles. The van der Waals surface area contributed by atoms with E-state index in [9.17, 15) is 0 Å². The summed E-state index contributed by atoms with van der Waals surface area (Å²) in [6, 6.07) is 0. The number of nitrogens with two attached hydrogens (primary N) is 1. The number of nitrogens with zero attached hydrogens (tertiary/aromatic N) is 4. The SMILES string of the molecule is CCn1c(CN)nnc1SCc1c(C)noc1C. The quantitative estimate of drug-likeness (QED) is 0.829. The second kappa shape index (κ2) is 5.53. The van der Waals surface area contributed by atoms with Crippen LogP contribution in [0.1, 0.15) is 29.8 Å². The van der Waals surface area contributed by atoms with E-state index in [2.05, 4.69) is 22.3 Å². The van der Waals surface area contributed by atoms with Gasteiger partial charge in [-0.1, -0.05) is 16.9 Å². The summed E-state index contributed by atoms with van der Waals surface area (Å²) in [5.74, 6) is 2.46. The van der Waals surface area contributed by atoms with Gasteiger partial charge in [-0.3, -0.25) is 0 Å². The monoisotopic (exact) mass is 267 g/mol. The minimum atomic E-state index is 0.409. The lowest BCUT2D eigenvalue weighted by Gasteiger charge is -2.05. The zero-order valence-corrected chi connectivity index (χ0v) is 11.6. The molecule has 0 amide bonds. The third-order valence-corrected chi connectivity index (χ3v) is 3.81. The van der Waals surface area contributed by atoms with Crippen molar-refractivity contribution in [3.05, 3.63) is 22.8 Å². The van der Waals surface area contributed by atoms with E-state index in [1.54, 1.807) is 11.8 Å². The molecule has 0 bridgehead atoms.